The Kier molecular flexibility index (Phi) is 9.14. The second kappa shape index (κ2) is 11.1. The number of nitrogens with one attached hydrogen (secondary N) is 1. The van der Waals surface area contributed by atoms with E-state index in [1.54, 1.807) is 6.26 Å². The Morgan fingerprint density at radius 1 is 1.20 bits per heavy atom. The van der Waals surface area contributed by atoms with Crippen molar-refractivity contribution in [3.8, 4) is 0 Å². The van der Waals surface area contributed by atoms with Crippen LogP contribution in [-0.4, -0.2) is 29.2 Å². The second-order valence-electron chi connectivity index (χ2n) is 7.52. The highest BCUT2D eigenvalue weighted by atomic mass is 32.2. The van der Waals surface area contributed by atoms with Gasteiger partial charge in [0.25, 0.3) is 0 Å². The molecule has 1 aromatic carbocycles. The minimum atomic E-state index is -0.960. The van der Waals surface area contributed by atoms with Crippen LogP contribution in [0.1, 0.15) is 70.3 Å². The predicted molar refractivity (Wildman–Crippen MR) is 107 cm³/mol. The fraction of sp³-hybridized carbons (Fsp3) is 0.714. The van der Waals surface area contributed by atoms with Gasteiger partial charge in [0.15, 0.2) is 0 Å². The minimum Gasteiger partial charge on any atom is -0.378 e. The molecular weight excluding hydrogens is 330 g/mol. The van der Waals surface area contributed by atoms with Crippen molar-refractivity contribution >= 4 is 11.0 Å². The van der Waals surface area contributed by atoms with E-state index in [2.05, 4.69) is 48.9 Å². The van der Waals surface area contributed by atoms with E-state index in [1.807, 2.05) is 0 Å². The molecule has 25 heavy (non-hydrogen) atoms. The van der Waals surface area contributed by atoms with Crippen LogP contribution >= 0.6 is 0 Å². The predicted octanol–water partition coefficient (Wildman–Crippen LogP) is 4.81. The van der Waals surface area contributed by atoms with Crippen LogP contribution in [0.3, 0.4) is 0 Å². The van der Waals surface area contributed by atoms with Gasteiger partial charge in [-0.3, -0.25) is 0 Å². The Bertz CT molecular complexity index is 500. The van der Waals surface area contributed by atoms with Crippen LogP contribution in [-0.2, 0) is 15.7 Å². The number of rotatable bonds is 10. The summed E-state index contributed by atoms with van der Waals surface area (Å²) in [6, 6.07) is 11.2. The van der Waals surface area contributed by atoms with Crippen LogP contribution in [0.2, 0.25) is 0 Å². The van der Waals surface area contributed by atoms with Crippen molar-refractivity contribution in [2.75, 3.05) is 12.9 Å². The van der Waals surface area contributed by atoms with E-state index in [9.17, 15) is 4.21 Å². The van der Waals surface area contributed by atoms with Crippen molar-refractivity contribution in [3.63, 3.8) is 0 Å². The Morgan fingerprint density at radius 3 is 2.48 bits per heavy atom. The zero-order chi connectivity index (χ0) is 18.1. The topological polar surface area (TPSA) is 38.3 Å². The van der Waals surface area contributed by atoms with Gasteiger partial charge in [0.2, 0.25) is 0 Å². The molecule has 3 nitrogen and oxygen atoms in total. The Balaban J connectivity index is 1.74. The molecule has 0 heterocycles. The molecule has 0 bridgehead atoms. The van der Waals surface area contributed by atoms with Crippen molar-refractivity contribution in [1.29, 1.82) is 0 Å². The van der Waals surface area contributed by atoms with Crippen LogP contribution in [0.15, 0.2) is 30.3 Å². The van der Waals surface area contributed by atoms with Gasteiger partial charge < -0.3 is 4.74 Å². The zero-order valence-corrected chi connectivity index (χ0v) is 16.9. The van der Waals surface area contributed by atoms with E-state index in [0.29, 0.717) is 17.9 Å². The van der Waals surface area contributed by atoms with Crippen LogP contribution in [0.5, 0.6) is 0 Å². The number of benzene rings is 1. The number of hydrogen-bond acceptors (Lipinski definition) is 2. The Morgan fingerprint density at radius 2 is 1.88 bits per heavy atom. The second-order valence-corrected chi connectivity index (χ2v) is 8.66. The van der Waals surface area contributed by atoms with E-state index in [1.165, 1.54) is 31.2 Å². The molecule has 2 rings (SSSR count). The summed E-state index contributed by atoms with van der Waals surface area (Å²) in [6.45, 7) is 5.18. The molecule has 1 N–H and O–H groups in total. The Hall–Kier alpha value is -0.710. The largest absolute Gasteiger partial charge is 0.378 e. The third-order valence-corrected chi connectivity index (χ3v) is 6.05. The van der Waals surface area contributed by atoms with Gasteiger partial charge >= 0.3 is 0 Å². The maximum atomic E-state index is 11.6. The van der Waals surface area contributed by atoms with Gasteiger partial charge in [-0.25, -0.2) is 8.93 Å². The molecule has 4 heteroatoms. The number of ether oxygens (including phenoxy) is 1. The lowest BCUT2D eigenvalue weighted by molar-refractivity contribution is 0.00212. The van der Waals surface area contributed by atoms with Gasteiger partial charge in [0.1, 0.15) is 0 Å². The molecular formula is C21H35NO2S. The number of unbranched alkanes of at least 4 members (excludes halogenated alkanes) is 1. The fourth-order valence-corrected chi connectivity index (χ4v) is 4.57. The van der Waals surface area contributed by atoms with Gasteiger partial charge in [-0.2, -0.15) is 0 Å². The average molecular weight is 366 g/mol. The van der Waals surface area contributed by atoms with E-state index >= 15 is 0 Å². The molecule has 1 fully saturated rings. The summed E-state index contributed by atoms with van der Waals surface area (Å²) in [5.41, 5.74) is 1.48. The lowest BCUT2D eigenvalue weighted by Crippen LogP contribution is -2.38. The molecule has 0 spiro atoms. The molecule has 1 aromatic rings. The van der Waals surface area contributed by atoms with Crippen molar-refractivity contribution < 1.29 is 8.95 Å². The quantitative estimate of drug-likeness (QED) is 0.646. The summed E-state index contributed by atoms with van der Waals surface area (Å²) in [5.74, 6) is 1.09. The first-order valence-corrected chi connectivity index (χ1v) is 11.4. The van der Waals surface area contributed by atoms with Crippen molar-refractivity contribution in [2.45, 2.75) is 76.9 Å². The smallest absolute Gasteiger partial charge is 0.0886 e. The zero-order valence-electron chi connectivity index (χ0n) is 16.1. The molecule has 1 saturated carbocycles. The van der Waals surface area contributed by atoms with Gasteiger partial charge in [-0.05, 0) is 49.5 Å². The van der Waals surface area contributed by atoms with E-state index in [0.717, 1.165) is 25.9 Å². The lowest BCUT2D eigenvalue weighted by atomic mass is 9.83. The van der Waals surface area contributed by atoms with Crippen LogP contribution in [0.4, 0.5) is 0 Å². The molecule has 0 aliphatic heterocycles. The molecule has 0 saturated heterocycles. The number of hydrogen-bond donors (Lipinski definition) is 1. The van der Waals surface area contributed by atoms with E-state index < -0.39 is 11.0 Å². The molecule has 3 atom stereocenters. The van der Waals surface area contributed by atoms with Crippen molar-refractivity contribution in [3.05, 3.63) is 35.9 Å². The molecule has 0 aromatic heterocycles. The standard InChI is InChI=1S/C21H35NO2S/c1-4-5-11-21(22-25(3)23)17(2)16-24-20-14-12-19(13-15-20)18-9-7-6-8-10-18/h6-10,17,19-22H,4-5,11-16H2,1-3H3. The highest BCUT2D eigenvalue weighted by molar-refractivity contribution is 7.82. The first-order chi connectivity index (χ1) is 12.1. The minimum absolute atomic E-state index is 0.284. The molecule has 1 aliphatic rings. The van der Waals surface area contributed by atoms with Crippen molar-refractivity contribution in [2.24, 2.45) is 5.92 Å². The van der Waals surface area contributed by atoms with Gasteiger partial charge in [-0.1, -0.05) is 57.0 Å². The third kappa shape index (κ3) is 7.20. The monoisotopic (exact) mass is 365 g/mol. The SMILES string of the molecule is CCCCC(NS(C)=O)C(C)COC1CCC(c2ccccc2)CC1. The van der Waals surface area contributed by atoms with E-state index in [-0.39, 0.29) is 6.04 Å². The fourth-order valence-electron chi connectivity index (χ4n) is 3.79. The normalized spacial score (nSPS) is 24.6. The molecule has 0 radical (unpaired) electrons. The molecule has 1 aliphatic carbocycles. The molecule has 3 unspecified atom stereocenters. The summed E-state index contributed by atoms with van der Waals surface area (Å²) in [6.07, 6.45) is 10.3. The van der Waals surface area contributed by atoms with Crippen LogP contribution in [0.25, 0.3) is 0 Å². The third-order valence-electron chi connectivity index (χ3n) is 5.41. The summed E-state index contributed by atoms with van der Waals surface area (Å²) in [7, 11) is -0.960. The van der Waals surface area contributed by atoms with Gasteiger partial charge in [0, 0.05) is 12.3 Å². The maximum Gasteiger partial charge on any atom is 0.0886 e. The van der Waals surface area contributed by atoms with Crippen LogP contribution < -0.4 is 4.72 Å². The van der Waals surface area contributed by atoms with Gasteiger partial charge in [-0.15, -0.1) is 0 Å². The van der Waals surface area contributed by atoms with E-state index in [4.69, 9.17) is 4.74 Å². The summed E-state index contributed by atoms with van der Waals surface area (Å²) in [5, 5.41) is 0. The first-order valence-electron chi connectivity index (χ1n) is 9.86. The average Bonchev–Trinajstić information content (AvgIpc) is 2.64. The molecule has 0 amide bonds. The highest BCUT2D eigenvalue weighted by Gasteiger charge is 2.24. The molecule has 142 valence electrons. The van der Waals surface area contributed by atoms with Crippen molar-refractivity contribution in [1.82, 2.24) is 4.72 Å². The van der Waals surface area contributed by atoms with Crippen LogP contribution in [0, 0.1) is 5.92 Å². The van der Waals surface area contributed by atoms with Gasteiger partial charge in [0.05, 0.1) is 23.7 Å². The summed E-state index contributed by atoms with van der Waals surface area (Å²) >= 11 is 0. The highest BCUT2D eigenvalue weighted by Crippen LogP contribution is 2.34. The maximum absolute atomic E-state index is 11.6. The summed E-state index contributed by atoms with van der Waals surface area (Å²) in [4.78, 5) is 0. The summed E-state index contributed by atoms with van der Waals surface area (Å²) < 4.78 is 21.0. The first kappa shape index (κ1) is 20.6. The lowest BCUT2D eigenvalue weighted by Gasteiger charge is -2.31. The Labute approximate surface area is 156 Å².